The molecule has 0 spiro atoms. The van der Waals surface area contributed by atoms with E-state index in [1.165, 1.54) is 18.3 Å². The molecular formula is C21H24F3N5O2. The van der Waals surface area contributed by atoms with Gasteiger partial charge in [0.1, 0.15) is 5.69 Å². The quantitative estimate of drug-likeness (QED) is 0.691. The topological polar surface area (TPSA) is 61.7 Å². The van der Waals surface area contributed by atoms with Crippen molar-refractivity contribution in [3.05, 3.63) is 47.3 Å². The van der Waals surface area contributed by atoms with Crippen molar-refractivity contribution in [3.8, 4) is 0 Å². The summed E-state index contributed by atoms with van der Waals surface area (Å²) in [7, 11) is 0. The number of rotatable bonds is 4. The molecule has 2 aliphatic rings. The molecule has 0 aliphatic carbocycles. The number of piperazine rings is 1. The van der Waals surface area contributed by atoms with E-state index in [4.69, 9.17) is 0 Å². The zero-order valence-electron chi connectivity index (χ0n) is 17.0. The summed E-state index contributed by atoms with van der Waals surface area (Å²) < 4.78 is 40.9. The molecule has 7 nitrogen and oxygen atoms in total. The van der Waals surface area contributed by atoms with Gasteiger partial charge in [-0.2, -0.15) is 23.0 Å². The SMILES string of the molecule is O=Cc1ccn(C(=O)N2CCN(Cc3ccc(C(F)(F)F)cc3N3CCCC3)CC2)n1. The minimum absolute atomic E-state index is 0.198. The number of hydrogen-bond acceptors (Lipinski definition) is 5. The Labute approximate surface area is 178 Å². The van der Waals surface area contributed by atoms with Crippen LogP contribution < -0.4 is 4.90 Å². The van der Waals surface area contributed by atoms with Gasteiger partial charge in [-0.1, -0.05) is 6.07 Å². The maximum Gasteiger partial charge on any atom is 0.416 e. The molecule has 0 N–H and O–H groups in total. The lowest BCUT2D eigenvalue weighted by atomic mass is 10.1. The van der Waals surface area contributed by atoms with E-state index in [0.717, 1.165) is 42.2 Å². The third kappa shape index (κ3) is 4.73. The summed E-state index contributed by atoms with van der Waals surface area (Å²) in [5.41, 5.74) is 1.10. The third-order valence-corrected chi connectivity index (χ3v) is 5.82. The van der Waals surface area contributed by atoms with E-state index >= 15 is 0 Å². The van der Waals surface area contributed by atoms with Crippen LogP contribution in [0.15, 0.2) is 30.5 Å². The second kappa shape index (κ2) is 8.70. The minimum atomic E-state index is -4.37. The summed E-state index contributed by atoms with van der Waals surface area (Å²) in [6, 6.07) is 5.18. The summed E-state index contributed by atoms with van der Waals surface area (Å²) in [5, 5.41) is 3.92. The maximum atomic E-state index is 13.2. The Bertz CT molecular complexity index is 945. The van der Waals surface area contributed by atoms with Gasteiger partial charge in [0, 0.05) is 57.7 Å². The van der Waals surface area contributed by atoms with E-state index < -0.39 is 11.7 Å². The Morgan fingerprint density at radius 2 is 1.74 bits per heavy atom. The number of amides is 1. The van der Waals surface area contributed by atoms with Crippen molar-refractivity contribution in [3.63, 3.8) is 0 Å². The van der Waals surface area contributed by atoms with Crippen molar-refractivity contribution < 1.29 is 22.8 Å². The van der Waals surface area contributed by atoms with E-state index in [9.17, 15) is 22.8 Å². The number of hydrogen-bond donors (Lipinski definition) is 0. The molecule has 2 fully saturated rings. The highest BCUT2D eigenvalue weighted by atomic mass is 19.4. The summed E-state index contributed by atoms with van der Waals surface area (Å²) >= 11 is 0. The number of nitrogens with zero attached hydrogens (tertiary/aromatic N) is 5. The molecule has 0 saturated carbocycles. The number of aldehydes is 1. The molecule has 3 heterocycles. The van der Waals surface area contributed by atoms with Gasteiger partial charge in [-0.15, -0.1) is 0 Å². The minimum Gasteiger partial charge on any atom is -0.371 e. The molecule has 1 amide bonds. The molecule has 0 unspecified atom stereocenters. The Kier molecular flexibility index (Phi) is 5.99. The van der Waals surface area contributed by atoms with Crippen molar-refractivity contribution in [2.45, 2.75) is 25.6 Å². The fraction of sp³-hybridized carbons (Fsp3) is 0.476. The number of carbonyl (C=O) groups excluding carboxylic acids is 2. The van der Waals surface area contributed by atoms with Crippen LogP contribution in [0.3, 0.4) is 0 Å². The summed E-state index contributed by atoms with van der Waals surface area (Å²) in [5.74, 6) is 0. The number of carbonyl (C=O) groups is 2. The monoisotopic (exact) mass is 435 g/mol. The molecule has 0 atom stereocenters. The second-order valence-electron chi connectivity index (χ2n) is 7.88. The highest BCUT2D eigenvalue weighted by molar-refractivity contribution is 5.78. The Morgan fingerprint density at radius 3 is 2.35 bits per heavy atom. The molecule has 166 valence electrons. The molecule has 2 aromatic rings. The first-order valence-corrected chi connectivity index (χ1v) is 10.3. The lowest BCUT2D eigenvalue weighted by Gasteiger charge is -2.35. The van der Waals surface area contributed by atoms with Gasteiger partial charge in [-0.25, -0.2) is 4.79 Å². The lowest BCUT2D eigenvalue weighted by molar-refractivity contribution is -0.137. The normalized spacial score (nSPS) is 17.9. The van der Waals surface area contributed by atoms with Gasteiger partial charge in [-0.3, -0.25) is 9.69 Å². The van der Waals surface area contributed by atoms with Crippen LogP contribution in [0.4, 0.5) is 23.7 Å². The van der Waals surface area contributed by atoms with Gasteiger partial charge < -0.3 is 9.80 Å². The number of anilines is 1. The molecule has 2 aliphatic heterocycles. The largest absolute Gasteiger partial charge is 0.416 e. The van der Waals surface area contributed by atoms with Gasteiger partial charge in [0.25, 0.3) is 0 Å². The molecule has 10 heteroatoms. The molecule has 1 aromatic heterocycles. The van der Waals surface area contributed by atoms with Gasteiger partial charge >= 0.3 is 12.2 Å². The van der Waals surface area contributed by atoms with Crippen molar-refractivity contribution in [1.29, 1.82) is 0 Å². The van der Waals surface area contributed by atoms with Crippen LogP contribution in [0.5, 0.6) is 0 Å². The molecular weight excluding hydrogens is 411 g/mol. The first kappa shape index (κ1) is 21.4. The Balaban J connectivity index is 1.43. The zero-order chi connectivity index (χ0) is 22.0. The van der Waals surface area contributed by atoms with E-state index in [-0.39, 0.29) is 11.7 Å². The number of aromatic nitrogens is 2. The Morgan fingerprint density at radius 1 is 1.03 bits per heavy atom. The molecule has 1 aromatic carbocycles. The van der Waals surface area contributed by atoms with E-state index in [0.29, 0.717) is 44.7 Å². The van der Waals surface area contributed by atoms with Crippen LogP contribution in [-0.2, 0) is 12.7 Å². The summed E-state index contributed by atoms with van der Waals surface area (Å²) in [6.07, 6.45) is -0.354. The average Bonchev–Trinajstić information content (AvgIpc) is 3.45. The fourth-order valence-electron chi connectivity index (χ4n) is 4.12. The highest BCUT2D eigenvalue weighted by Crippen LogP contribution is 2.35. The van der Waals surface area contributed by atoms with E-state index in [1.54, 1.807) is 11.0 Å². The smallest absolute Gasteiger partial charge is 0.371 e. The Hall–Kier alpha value is -2.88. The number of benzene rings is 1. The van der Waals surface area contributed by atoms with Gasteiger partial charge in [0.05, 0.1) is 5.56 Å². The summed E-state index contributed by atoms with van der Waals surface area (Å²) in [6.45, 7) is 4.24. The van der Waals surface area contributed by atoms with E-state index in [1.807, 2.05) is 4.90 Å². The molecule has 31 heavy (non-hydrogen) atoms. The van der Waals surface area contributed by atoms with Crippen LogP contribution in [0.2, 0.25) is 0 Å². The first-order valence-electron chi connectivity index (χ1n) is 10.3. The lowest BCUT2D eigenvalue weighted by Crippen LogP contribution is -2.49. The predicted molar refractivity (Wildman–Crippen MR) is 108 cm³/mol. The molecule has 0 bridgehead atoms. The van der Waals surface area contributed by atoms with Gasteiger partial charge in [-0.05, 0) is 36.6 Å². The standard InChI is InChI=1S/C21H24F3N5O2/c22-21(23,24)17-4-3-16(19(13-17)27-6-1-2-7-27)14-26-9-11-28(12-10-26)20(31)29-8-5-18(15-30)25-29/h3-5,8,13,15H,1-2,6-7,9-12,14H2. The average molecular weight is 435 g/mol. The molecule has 2 saturated heterocycles. The van der Waals surface area contributed by atoms with Gasteiger partial charge in [0.2, 0.25) is 0 Å². The van der Waals surface area contributed by atoms with Crippen LogP contribution in [0, 0.1) is 0 Å². The highest BCUT2D eigenvalue weighted by Gasteiger charge is 2.32. The fourth-order valence-corrected chi connectivity index (χ4v) is 4.12. The van der Waals surface area contributed by atoms with Crippen LogP contribution >= 0.6 is 0 Å². The van der Waals surface area contributed by atoms with Crippen molar-refractivity contribution >= 4 is 18.0 Å². The number of halogens is 3. The van der Waals surface area contributed by atoms with Crippen LogP contribution in [-0.4, -0.2) is 71.2 Å². The van der Waals surface area contributed by atoms with Crippen LogP contribution in [0.25, 0.3) is 0 Å². The zero-order valence-corrected chi connectivity index (χ0v) is 17.0. The van der Waals surface area contributed by atoms with Crippen molar-refractivity contribution in [2.75, 3.05) is 44.2 Å². The molecule has 4 rings (SSSR count). The summed E-state index contributed by atoms with van der Waals surface area (Å²) in [4.78, 5) is 29.1. The maximum absolute atomic E-state index is 13.2. The number of alkyl halides is 3. The predicted octanol–water partition coefficient (Wildman–Crippen LogP) is 3.10. The van der Waals surface area contributed by atoms with Crippen molar-refractivity contribution in [1.82, 2.24) is 19.6 Å². The van der Waals surface area contributed by atoms with Gasteiger partial charge in [0.15, 0.2) is 6.29 Å². The third-order valence-electron chi connectivity index (χ3n) is 5.82. The molecule has 0 radical (unpaired) electrons. The van der Waals surface area contributed by atoms with E-state index in [2.05, 4.69) is 10.00 Å². The van der Waals surface area contributed by atoms with Crippen molar-refractivity contribution in [2.24, 2.45) is 0 Å². The second-order valence-corrected chi connectivity index (χ2v) is 7.88. The van der Waals surface area contributed by atoms with Crippen LogP contribution in [0.1, 0.15) is 34.5 Å². The first-order chi connectivity index (χ1) is 14.8.